The maximum Gasteiger partial charge on any atom is 0.251 e. The van der Waals surface area contributed by atoms with Crippen LogP contribution in [-0.2, 0) is 6.54 Å². The number of aromatic nitrogens is 2. The van der Waals surface area contributed by atoms with Crippen LogP contribution in [0.2, 0.25) is 0 Å². The van der Waals surface area contributed by atoms with Gasteiger partial charge < -0.3 is 15.0 Å². The molecule has 0 aliphatic rings. The van der Waals surface area contributed by atoms with E-state index in [0.717, 1.165) is 11.3 Å². The minimum Gasteiger partial charge on any atom is -0.497 e. The van der Waals surface area contributed by atoms with E-state index < -0.39 is 0 Å². The molecular weight excluding hydrogens is 266 g/mol. The normalized spacial score (nSPS) is 11.4. The third kappa shape index (κ3) is 4.43. The lowest BCUT2D eigenvalue weighted by atomic mass is 10.1. The Morgan fingerprint density at radius 3 is 2.71 bits per heavy atom. The van der Waals surface area contributed by atoms with Crippen LogP contribution in [0.5, 0.6) is 5.75 Å². The fourth-order valence-corrected chi connectivity index (χ4v) is 1.86. The first-order valence-corrected chi connectivity index (χ1v) is 6.87. The molecule has 112 valence electrons. The highest BCUT2D eigenvalue weighted by atomic mass is 16.5. The first kappa shape index (κ1) is 15.3. The van der Waals surface area contributed by atoms with Gasteiger partial charge in [-0.25, -0.2) is 4.98 Å². The van der Waals surface area contributed by atoms with Crippen molar-refractivity contribution in [2.24, 2.45) is 0 Å². The molecule has 5 nitrogen and oxygen atoms in total. The smallest absolute Gasteiger partial charge is 0.251 e. The van der Waals surface area contributed by atoms with E-state index in [0.29, 0.717) is 18.1 Å². The van der Waals surface area contributed by atoms with Gasteiger partial charge in [-0.2, -0.15) is 0 Å². The van der Waals surface area contributed by atoms with Crippen molar-refractivity contribution in [3.63, 3.8) is 0 Å². The summed E-state index contributed by atoms with van der Waals surface area (Å²) < 4.78 is 5.20. The average Bonchev–Trinajstić information content (AvgIpc) is 2.44. The van der Waals surface area contributed by atoms with E-state index in [1.807, 2.05) is 24.3 Å². The SMILES string of the molecule is COc1cccc(-c2nc(CNC(C)(C)C)cc(=O)[nH]2)c1. The second-order valence-electron chi connectivity index (χ2n) is 5.92. The molecule has 1 aromatic heterocycles. The zero-order chi connectivity index (χ0) is 15.5. The number of benzene rings is 1. The molecule has 21 heavy (non-hydrogen) atoms. The molecule has 2 rings (SSSR count). The van der Waals surface area contributed by atoms with Crippen LogP contribution < -0.4 is 15.6 Å². The monoisotopic (exact) mass is 287 g/mol. The van der Waals surface area contributed by atoms with Crippen LogP contribution in [0.1, 0.15) is 26.5 Å². The number of H-pyrrole nitrogens is 1. The number of ether oxygens (including phenoxy) is 1. The summed E-state index contributed by atoms with van der Waals surface area (Å²) in [5, 5.41) is 3.33. The predicted octanol–water partition coefficient (Wildman–Crippen LogP) is 2.33. The van der Waals surface area contributed by atoms with E-state index in [1.54, 1.807) is 7.11 Å². The van der Waals surface area contributed by atoms with Crippen LogP contribution in [0.15, 0.2) is 35.1 Å². The molecule has 0 amide bonds. The number of nitrogens with one attached hydrogen (secondary N) is 2. The van der Waals surface area contributed by atoms with Crippen molar-refractivity contribution in [3.8, 4) is 17.1 Å². The fourth-order valence-electron chi connectivity index (χ4n) is 1.86. The number of hydrogen-bond donors (Lipinski definition) is 2. The second kappa shape index (κ2) is 6.10. The van der Waals surface area contributed by atoms with Crippen LogP contribution in [-0.4, -0.2) is 22.6 Å². The lowest BCUT2D eigenvalue weighted by Gasteiger charge is -2.20. The standard InChI is InChI=1S/C16H21N3O2/c1-16(2,3)17-10-12-9-14(20)19-15(18-12)11-6-5-7-13(8-11)21-4/h5-9,17H,10H2,1-4H3,(H,18,19,20). The van der Waals surface area contributed by atoms with Gasteiger partial charge in [-0.15, -0.1) is 0 Å². The van der Waals surface area contributed by atoms with Gasteiger partial charge in [-0.05, 0) is 32.9 Å². The predicted molar refractivity (Wildman–Crippen MR) is 83.4 cm³/mol. The Balaban J connectivity index is 2.32. The third-order valence-corrected chi connectivity index (χ3v) is 2.94. The number of methoxy groups -OCH3 is 1. The Labute approximate surface area is 124 Å². The van der Waals surface area contributed by atoms with Gasteiger partial charge in [0.15, 0.2) is 0 Å². The molecule has 0 saturated heterocycles. The molecule has 2 aromatic rings. The minimum absolute atomic E-state index is 0.0274. The molecular formula is C16H21N3O2. The van der Waals surface area contributed by atoms with E-state index >= 15 is 0 Å². The van der Waals surface area contributed by atoms with E-state index in [4.69, 9.17) is 4.74 Å². The van der Waals surface area contributed by atoms with Gasteiger partial charge >= 0.3 is 0 Å². The maximum absolute atomic E-state index is 11.8. The Kier molecular flexibility index (Phi) is 4.43. The lowest BCUT2D eigenvalue weighted by molar-refractivity contribution is 0.415. The largest absolute Gasteiger partial charge is 0.497 e. The van der Waals surface area contributed by atoms with Crippen LogP contribution in [0.25, 0.3) is 11.4 Å². The first-order chi connectivity index (χ1) is 9.87. The van der Waals surface area contributed by atoms with Gasteiger partial charge in [0.2, 0.25) is 0 Å². The molecule has 0 saturated carbocycles. The van der Waals surface area contributed by atoms with Gasteiger partial charge in [0, 0.05) is 23.7 Å². The molecule has 5 heteroatoms. The summed E-state index contributed by atoms with van der Waals surface area (Å²) in [5.41, 5.74) is 1.35. The Bertz CT molecular complexity index is 672. The zero-order valence-electron chi connectivity index (χ0n) is 12.9. The Morgan fingerprint density at radius 2 is 2.05 bits per heavy atom. The van der Waals surface area contributed by atoms with Crippen molar-refractivity contribution in [1.82, 2.24) is 15.3 Å². The number of nitrogens with zero attached hydrogens (tertiary/aromatic N) is 1. The van der Waals surface area contributed by atoms with Crippen molar-refractivity contribution in [1.29, 1.82) is 0 Å². The quantitative estimate of drug-likeness (QED) is 0.905. The Hall–Kier alpha value is -2.14. The van der Waals surface area contributed by atoms with Gasteiger partial charge in [0.05, 0.1) is 12.8 Å². The van der Waals surface area contributed by atoms with Crippen LogP contribution in [0, 0.1) is 0 Å². The van der Waals surface area contributed by atoms with Crippen molar-refractivity contribution >= 4 is 0 Å². The van der Waals surface area contributed by atoms with E-state index in [-0.39, 0.29) is 11.1 Å². The Morgan fingerprint density at radius 1 is 1.29 bits per heavy atom. The van der Waals surface area contributed by atoms with E-state index in [1.165, 1.54) is 6.07 Å². The van der Waals surface area contributed by atoms with E-state index in [2.05, 4.69) is 36.1 Å². The summed E-state index contributed by atoms with van der Waals surface area (Å²) in [4.78, 5) is 19.1. The molecule has 0 radical (unpaired) electrons. The molecule has 1 heterocycles. The van der Waals surface area contributed by atoms with Crippen LogP contribution in [0.3, 0.4) is 0 Å². The summed E-state index contributed by atoms with van der Waals surface area (Å²) in [7, 11) is 1.61. The molecule has 0 atom stereocenters. The highest BCUT2D eigenvalue weighted by Crippen LogP contribution is 2.20. The fraction of sp³-hybridized carbons (Fsp3) is 0.375. The first-order valence-electron chi connectivity index (χ1n) is 6.87. The van der Waals surface area contributed by atoms with Crippen LogP contribution >= 0.6 is 0 Å². The average molecular weight is 287 g/mol. The maximum atomic E-state index is 11.8. The van der Waals surface area contributed by atoms with Crippen molar-refractivity contribution in [2.45, 2.75) is 32.9 Å². The molecule has 1 aromatic carbocycles. The third-order valence-electron chi connectivity index (χ3n) is 2.94. The zero-order valence-corrected chi connectivity index (χ0v) is 12.9. The van der Waals surface area contributed by atoms with Gasteiger partial charge in [0.25, 0.3) is 5.56 Å². The molecule has 0 aliphatic heterocycles. The molecule has 0 aliphatic carbocycles. The molecule has 2 N–H and O–H groups in total. The lowest BCUT2D eigenvalue weighted by Crippen LogP contribution is -2.35. The molecule has 0 spiro atoms. The highest BCUT2D eigenvalue weighted by molar-refractivity contribution is 5.57. The van der Waals surface area contributed by atoms with Crippen molar-refractivity contribution in [3.05, 3.63) is 46.4 Å². The summed E-state index contributed by atoms with van der Waals surface area (Å²) in [6, 6.07) is 8.98. The van der Waals surface area contributed by atoms with Gasteiger partial charge in [0.1, 0.15) is 11.6 Å². The molecule has 0 bridgehead atoms. The van der Waals surface area contributed by atoms with Crippen molar-refractivity contribution < 1.29 is 4.74 Å². The summed E-state index contributed by atoms with van der Waals surface area (Å²) >= 11 is 0. The van der Waals surface area contributed by atoms with Gasteiger partial charge in [-0.1, -0.05) is 12.1 Å². The number of hydrogen-bond acceptors (Lipinski definition) is 4. The minimum atomic E-state index is -0.159. The van der Waals surface area contributed by atoms with Crippen molar-refractivity contribution in [2.75, 3.05) is 7.11 Å². The van der Waals surface area contributed by atoms with Gasteiger partial charge in [-0.3, -0.25) is 4.79 Å². The summed E-state index contributed by atoms with van der Waals surface area (Å²) in [6.07, 6.45) is 0. The molecule has 0 fully saturated rings. The molecule has 0 unspecified atom stereocenters. The summed E-state index contributed by atoms with van der Waals surface area (Å²) in [5.74, 6) is 1.28. The second-order valence-corrected chi connectivity index (χ2v) is 5.92. The number of aromatic amines is 1. The van der Waals surface area contributed by atoms with Crippen LogP contribution in [0.4, 0.5) is 0 Å². The number of rotatable bonds is 4. The summed E-state index contributed by atoms with van der Waals surface area (Å²) in [6.45, 7) is 6.76. The van der Waals surface area contributed by atoms with E-state index in [9.17, 15) is 4.79 Å². The highest BCUT2D eigenvalue weighted by Gasteiger charge is 2.10. The topological polar surface area (TPSA) is 67.0 Å².